The first-order chi connectivity index (χ1) is 6.01. The lowest BCUT2D eigenvalue weighted by Crippen LogP contribution is -2.04. The number of hydrogen-bond donors (Lipinski definition) is 0. The van der Waals surface area contributed by atoms with E-state index >= 15 is 0 Å². The minimum Gasteiger partial charge on any atom is -0.0759 e. The normalized spacial score (nSPS) is 16.0. The van der Waals surface area contributed by atoms with E-state index in [-0.39, 0.29) is 10.8 Å². The van der Waals surface area contributed by atoms with Gasteiger partial charge in [-0.05, 0) is 24.7 Å². The summed E-state index contributed by atoms with van der Waals surface area (Å²) in [5.74, 6) is 0. The molecule has 0 heterocycles. The molecule has 0 nitrogen and oxygen atoms in total. The highest BCUT2D eigenvalue weighted by Crippen LogP contribution is 2.24. The van der Waals surface area contributed by atoms with E-state index < -0.39 is 0 Å². The van der Waals surface area contributed by atoms with Gasteiger partial charge in [0.2, 0.25) is 0 Å². The summed E-state index contributed by atoms with van der Waals surface area (Å²) >= 11 is 0. The molecule has 82 valence electrons. The molecule has 0 heteroatoms. The smallest absolute Gasteiger partial charge is 0.0197 e. The fourth-order valence-corrected chi connectivity index (χ4v) is 1.53. The second-order valence-electron chi connectivity index (χ2n) is 6.39. The van der Waals surface area contributed by atoms with Crippen LogP contribution in [0.1, 0.15) is 55.4 Å². The van der Waals surface area contributed by atoms with Gasteiger partial charge in [-0.1, -0.05) is 64.8 Å². The minimum atomic E-state index is 0.275. The van der Waals surface area contributed by atoms with Gasteiger partial charge in [0.15, 0.2) is 0 Å². The van der Waals surface area contributed by atoms with Crippen molar-refractivity contribution in [2.24, 2.45) is 10.8 Å². The predicted octanol–water partition coefficient (Wildman–Crippen LogP) is 4.97. The maximum atomic E-state index is 2.34. The third-order valence-corrected chi connectivity index (χ3v) is 1.92. The molecule has 0 N–H and O–H groups in total. The topological polar surface area (TPSA) is 0 Å². The molecule has 0 atom stereocenters. The van der Waals surface area contributed by atoms with Crippen molar-refractivity contribution >= 4 is 0 Å². The Morgan fingerprint density at radius 3 is 1.00 bits per heavy atom. The average molecular weight is 194 g/mol. The van der Waals surface area contributed by atoms with Crippen molar-refractivity contribution < 1.29 is 0 Å². The molecule has 0 aliphatic rings. The lowest BCUT2D eigenvalue weighted by molar-refractivity contribution is 0.533. The Morgan fingerprint density at radius 2 is 0.857 bits per heavy atom. The highest BCUT2D eigenvalue weighted by molar-refractivity contribution is 5.29. The lowest BCUT2D eigenvalue weighted by Gasteiger charge is -2.18. The molecule has 0 aliphatic carbocycles. The standard InChI is InChI=1S/C14H26/c1-11(9-13(3,4)5)12(2)10-14(6,7)8/h9-10H,1-8H3. The van der Waals surface area contributed by atoms with Crippen LogP contribution in [0.4, 0.5) is 0 Å². The van der Waals surface area contributed by atoms with Crippen LogP contribution in [0, 0.1) is 10.8 Å². The molecule has 0 aromatic heterocycles. The van der Waals surface area contributed by atoms with Crippen LogP contribution in [0.25, 0.3) is 0 Å². The van der Waals surface area contributed by atoms with Gasteiger partial charge in [0.1, 0.15) is 0 Å². The maximum absolute atomic E-state index is 2.34. The summed E-state index contributed by atoms with van der Waals surface area (Å²) in [7, 11) is 0. The summed E-state index contributed by atoms with van der Waals surface area (Å²) in [5.41, 5.74) is 3.34. The number of hydrogen-bond acceptors (Lipinski definition) is 0. The van der Waals surface area contributed by atoms with E-state index in [9.17, 15) is 0 Å². The molecule has 0 unspecified atom stereocenters. The van der Waals surface area contributed by atoms with Crippen molar-refractivity contribution in [1.82, 2.24) is 0 Å². The van der Waals surface area contributed by atoms with Gasteiger partial charge in [-0.25, -0.2) is 0 Å². The highest BCUT2D eigenvalue weighted by atomic mass is 14.2. The SMILES string of the molecule is CC(=CC(C)(C)C)C(C)=CC(C)(C)C. The van der Waals surface area contributed by atoms with Crippen LogP contribution in [0.3, 0.4) is 0 Å². The quantitative estimate of drug-likeness (QED) is 0.517. The fraction of sp³-hybridized carbons (Fsp3) is 0.714. The summed E-state index contributed by atoms with van der Waals surface area (Å²) in [6.45, 7) is 17.8. The molecule has 0 rings (SSSR count). The van der Waals surface area contributed by atoms with Crippen molar-refractivity contribution in [3.8, 4) is 0 Å². The zero-order chi connectivity index (χ0) is 11.6. The van der Waals surface area contributed by atoms with Gasteiger partial charge in [-0.15, -0.1) is 0 Å². The number of allylic oxidation sites excluding steroid dienone is 4. The van der Waals surface area contributed by atoms with Crippen molar-refractivity contribution in [1.29, 1.82) is 0 Å². The van der Waals surface area contributed by atoms with E-state index in [2.05, 4.69) is 67.5 Å². The molecule has 0 saturated carbocycles. The molecule has 0 aliphatic heterocycles. The van der Waals surface area contributed by atoms with Gasteiger partial charge >= 0.3 is 0 Å². The first kappa shape index (κ1) is 13.5. The van der Waals surface area contributed by atoms with E-state index in [1.54, 1.807) is 0 Å². The van der Waals surface area contributed by atoms with Crippen LogP contribution in [0.2, 0.25) is 0 Å². The molecule has 0 fully saturated rings. The second kappa shape index (κ2) is 4.33. The molecule has 0 spiro atoms. The van der Waals surface area contributed by atoms with Crippen molar-refractivity contribution in [3.63, 3.8) is 0 Å². The van der Waals surface area contributed by atoms with Gasteiger partial charge < -0.3 is 0 Å². The molecule has 0 radical (unpaired) electrons. The minimum absolute atomic E-state index is 0.275. The van der Waals surface area contributed by atoms with Crippen molar-refractivity contribution in [3.05, 3.63) is 23.3 Å². The van der Waals surface area contributed by atoms with Gasteiger partial charge in [0.25, 0.3) is 0 Å². The molecule has 0 aromatic rings. The number of rotatable bonds is 1. The predicted molar refractivity (Wildman–Crippen MR) is 66.4 cm³/mol. The van der Waals surface area contributed by atoms with Crippen LogP contribution in [-0.4, -0.2) is 0 Å². The van der Waals surface area contributed by atoms with Crippen LogP contribution in [0.15, 0.2) is 23.3 Å². The van der Waals surface area contributed by atoms with Gasteiger partial charge in [0, 0.05) is 0 Å². The summed E-state index contributed by atoms with van der Waals surface area (Å²) in [6, 6.07) is 0. The van der Waals surface area contributed by atoms with Gasteiger partial charge in [0.05, 0.1) is 0 Å². The zero-order valence-corrected chi connectivity index (χ0v) is 11.2. The lowest BCUT2D eigenvalue weighted by atomic mass is 9.88. The summed E-state index contributed by atoms with van der Waals surface area (Å²) < 4.78 is 0. The zero-order valence-electron chi connectivity index (χ0n) is 11.2. The largest absolute Gasteiger partial charge is 0.0759 e. The summed E-state index contributed by atoms with van der Waals surface area (Å²) in [4.78, 5) is 0. The van der Waals surface area contributed by atoms with E-state index in [0.29, 0.717) is 0 Å². The molecule has 0 bridgehead atoms. The van der Waals surface area contributed by atoms with E-state index in [0.717, 1.165) is 0 Å². The third-order valence-electron chi connectivity index (χ3n) is 1.92. The summed E-state index contributed by atoms with van der Waals surface area (Å²) in [5, 5.41) is 0. The van der Waals surface area contributed by atoms with Crippen LogP contribution < -0.4 is 0 Å². The monoisotopic (exact) mass is 194 g/mol. The van der Waals surface area contributed by atoms with Crippen LogP contribution >= 0.6 is 0 Å². The molecular formula is C14H26. The summed E-state index contributed by atoms with van der Waals surface area (Å²) in [6.07, 6.45) is 4.68. The molecule has 0 aromatic carbocycles. The van der Waals surface area contributed by atoms with Gasteiger partial charge in [-0.2, -0.15) is 0 Å². The second-order valence-corrected chi connectivity index (χ2v) is 6.39. The molecule has 14 heavy (non-hydrogen) atoms. The van der Waals surface area contributed by atoms with Crippen LogP contribution in [0.5, 0.6) is 0 Å². The molecular weight excluding hydrogens is 168 g/mol. The third kappa shape index (κ3) is 6.94. The van der Waals surface area contributed by atoms with E-state index in [1.165, 1.54) is 11.1 Å². The Hall–Kier alpha value is -0.520. The Kier molecular flexibility index (Phi) is 4.17. The first-order valence-electron chi connectivity index (χ1n) is 5.40. The Morgan fingerprint density at radius 1 is 0.643 bits per heavy atom. The van der Waals surface area contributed by atoms with E-state index in [4.69, 9.17) is 0 Å². The Bertz CT molecular complexity index is 210. The fourth-order valence-electron chi connectivity index (χ4n) is 1.53. The van der Waals surface area contributed by atoms with Crippen LogP contribution in [-0.2, 0) is 0 Å². The molecule has 0 amide bonds. The van der Waals surface area contributed by atoms with Crippen molar-refractivity contribution in [2.45, 2.75) is 55.4 Å². The van der Waals surface area contributed by atoms with E-state index in [1.807, 2.05) is 0 Å². The Labute approximate surface area is 90.1 Å². The van der Waals surface area contributed by atoms with Gasteiger partial charge in [-0.3, -0.25) is 0 Å². The molecule has 0 saturated heterocycles. The Balaban J connectivity index is 4.81. The highest BCUT2D eigenvalue weighted by Gasteiger charge is 2.10. The van der Waals surface area contributed by atoms with Crippen molar-refractivity contribution in [2.75, 3.05) is 0 Å². The average Bonchev–Trinajstić information content (AvgIpc) is 1.78. The maximum Gasteiger partial charge on any atom is -0.0197 e. The first-order valence-corrected chi connectivity index (χ1v) is 5.40.